The lowest BCUT2D eigenvalue weighted by Gasteiger charge is -2.29. The quantitative estimate of drug-likeness (QED) is 0.335. The average molecular weight is 472 g/mol. The Balaban J connectivity index is 1.34. The standard InChI is InChI=1S/C26H25N5O4/c32-13-20-6-5-19(14-35-20)31-26-23-21(12-28-25(23)29-15-30-26)24(34)18-3-1-16(2-4-18)11-22(33)17-7-9-27-10-8-17/h1-4,7-10,12,15,19-20,32H,5-6,11,13-14H2,(H2,28,29,30,31). The third kappa shape index (κ3) is 4.96. The molecule has 2 unspecified atom stereocenters. The fraction of sp³-hybridized carbons (Fsp3) is 0.269. The Bertz CT molecular complexity index is 1330. The first-order valence-electron chi connectivity index (χ1n) is 11.5. The fourth-order valence-electron chi connectivity index (χ4n) is 4.26. The molecule has 0 aliphatic carbocycles. The van der Waals surface area contributed by atoms with E-state index < -0.39 is 0 Å². The van der Waals surface area contributed by atoms with Gasteiger partial charge in [0.25, 0.3) is 0 Å². The van der Waals surface area contributed by atoms with Crippen LogP contribution in [0.4, 0.5) is 5.82 Å². The van der Waals surface area contributed by atoms with Gasteiger partial charge in [0.05, 0.1) is 36.3 Å². The number of aromatic nitrogens is 4. The second kappa shape index (κ2) is 10.1. The van der Waals surface area contributed by atoms with Crippen molar-refractivity contribution in [3.63, 3.8) is 0 Å². The van der Waals surface area contributed by atoms with Gasteiger partial charge in [-0.15, -0.1) is 0 Å². The number of hydrogen-bond donors (Lipinski definition) is 3. The molecule has 0 bridgehead atoms. The van der Waals surface area contributed by atoms with Crippen molar-refractivity contribution in [1.82, 2.24) is 19.9 Å². The maximum atomic E-state index is 13.4. The van der Waals surface area contributed by atoms with Crippen LogP contribution in [0, 0.1) is 0 Å². The van der Waals surface area contributed by atoms with E-state index in [0.29, 0.717) is 40.1 Å². The van der Waals surface area contributed by atoms with E-state index in [9.17, 15) is 14.7 Å². The van der Waals surface area contributed by atoms with E-state index in [1.807, 2.05) is 0 Å². The van der Waals surface area contributed by atoms with Crippen LogP contribution >= 0.6 is 0 Å². The first-order chi connectivity index (χ1) is 17.1. The van der Waals surface area contributed by atoms with Crippen LogP contribution in [0.5, 0.6) is 0 Å². The number of aliphatic hydroxyl groups is 1. The number of aromatic amines is 1. The van der Waals surface area contributed by atoms with E-state index in [4.69, 9.17) is 4.74 Å². The summed E-state index contributed by atoms with van der Waals surface area (Å²) in [5.41, 5.74) is 2.97. The van der Waals surface area contributed by atoms with Crippen LogP contribution in [0.2, 0.25) is 0 Å². The molecule has 3 aromatic heterocycles. The molecule has 1 saturated heterocycles. The number of Topliss-reactive ketones (excluding diaryl/α,β-unsaturated/α-hetero) is 1. The highest BCUT2D eigenvalue weighted by atomic mass is 16.5. The lowest BCUT2D eigenvalue weighted by Crippen LogP contribution is -2.36. The number of nitrogens with zero attached hydrogens (tertiary/aromatic N) is 3. The van der Waals surface area contributed by atoms with E-state index in [-0.39, 0.29) is 36.7 Å². The van der Waals surface area contributed by atoms with Gasteiger partial charge in [0.2, 0.25) is 0 Å². The zero-order chi connectivity index (χ0) is 24.2. The molecule has 178 valence electrons. The molecule has 3 N–H and O–H groups in total. The number of carbonyl (C=O) groups is 2. The lowest BCUT2D eigenvalue weighted by molar-refractivity contribution is -0.0224. The topological polar surface area (TPSA) is 130 Å². The van der Waals surface area contributed by atoms with Gasteiger partial charge in [-0.2, -0.15) is 0 Å². The largest absolute Gasteiger partial charge is 0.394 e. The maximum absolute atomic E-state index is 13.4. The number of hydrogen-bond acceptors (Lipinski definition) is 8. The molecule has 4 aromatic rings. The van der Waals surface area contributed by atoms with Crippen LogP contribution in [0.3, 0.4) is 0 Å². The van der Waals surface area contributed by atoms with Crippen LogP contribution in [0.15, 0.2) is 61.3 Å². The molecular formula is C26H25N5O4. The molecule has 0 saturated carbocycles. The smallest absolute Gasteiger partial charge is 0.195 e. The van der Waals surface area contributed by atoms with Crippen molar-refractivity contribution >= 4 is 28.4 Å². The molecule has 1 aliphatic heterocycles. The van der Waals surface area contributed by atoms with Gasteiger partial charge in [-0.1, -0.05) is 24.3 Å². The van der Waals surface area contributed by atoms with E-state index in [0.717, 1.165) is 18.4 Å². The van der Waals surface area contributed by atoms with Crippen LogP contribution in [0.25, 0.3) is 11.0 Å². The van der Waals surface area contributed by atoms with E-state index in [2.05, 4.69) is 25.3 Å². The van der Waals surface area contributed by atoms with Crippen molar-refractivity contribution in [1.29, 1.82) is 0 Å². The molecule has 1 aliphatic rings. The van der Waals surface area contributed by atoms with Crippen molar-refractivity contribution in [2.45, 2.75) is 31.4 Å². The molecule has 0 radical (unpaired) electrons. The van der Waals surface area contributed by atoms with Crippen molar-refractivity contribution < 1.29 is 19.4 Å². The summed E-state index contributed by atoms with van der Waals surface area (Å²) in [4.78, 5) is 41.5. The first kappa shape index (κ1) is 22.8. The summed E-state index contributed by atoms with van der Waals surface area (Å²) < 4.78 is 5.66. The predicted molar refractivity (Wildman–Crippen MR) is 130 cm³/mol. The van der Waals surface area contributed by atoms with Crippen molar-refractivity contribution in [3.8, 4) is 0 Å². The molecule has 2 atom stereocenters. The van der Waals surface area contributed by atoms with Gasteiger partial charge in [0.15, 0.2) is 11.6 Å². The third-order valence-electron chi connectivity index (χ3n) is 6.21. The van der Waals surface area contributed by atoms with Crippen LogP contribution < -0.4 is 5.32 Å². The SMILES string of the molecule is O=C(Cc1ccc(C(=O)c2c[nH]c3ncnc(NC4CCC(CO)OC4)c23)cc1)c1ccncc1. The minimum Gasteiger partial charge on any atom is -0.394 e. The average Bonchev–Trinajstić information content (AvgIpc) is 3.35. The Hall–Kier alpha value is -3.95. The van der Waals surface area contributed by atoms with Crippen LogP contribution in [0.1, 0.15) is 44.7 Å². The molecule has 4 heterocycles. The zero-order valence-corrected chi connectivity index (χ0v) is 19.0. The Labute approximate surface area is 201 Å². The number of ether oxygens (including phenoxy) is 1. The molecule has 9 heteroatoms. The maximum Gasteiger partial charge on any atom is 0.195 e. The number of carbonyl (C=O) groups excluding carboxylic acids is 2. The number of aliphatic hydroxyl groups excluding tert-OH is 1. The number of H-pyrrole nitrogens is 1. The summed E-state index contributed by atoms with van der Waals surface area (Å²) in [6.45, 7) is 0.460. The van der Waals surface area contributed by atoms with Gasteiger partial charge in [-0.3, -0.25) is 14.6 Å². The summed E-state index contributed by atoms with van der Waals surface area (Å²) in [5, 5.41) is 13.3. The molecule has 1 fully saturated rings. The number of nitrogens with one attached hydrogen (secondary N) is 2. The highest BCUT2D eigenvalue weighted by Crippen LogP contribution is 2.27. The van der Waals surface area contributed by atoms with Crippen molar-refractivity contribution in [3.05, 3.63) is 83.6 Å². The van der Waals surface area contributed by atoms with Crippen LogP contribution in [-0.2, 0) is 11.2 Å². The monoisotopic (exact) mass is 471 g/mol. The van der Waals surface area contributed by atoms with E-state index in [1.165, 1.54) is 6.33 Å². The Morgan fingerprint density at radius 2 is 1.86 bits per heavy atom. The molecule has 35 heavy (non-hydrogen) atoms. The van der Waals surface area contributed by atoms with Crippen molar-refractivity contribution in [2.75, 3.05) is 18.5 Å². The molecular weight excluding hydrogens is 446 g/mol. The van der Waals surface area contributed by atoms with Gasteiger partial charge in [-0.25, -0.2) is 9.97 Å². The number of pyridine rings is 1. The predicted octanol–water partition coefficient (Wildman–Crippen LogP) is 2.96. The fourth-order valence-corrected chi connectivity index (χ4v) is 4.26. The molecule has 1 aromatic carbocycles. The normalized spacial score (nSPS) is 17.9. The summed E-state index contributed by atoms with van der Waals surface area (Å²) >= 11 is 0. The van der Waals surface area contributed by atoms with Gasteiger partial charge >= 0.3 is 0 Å². The zero-order valence-electron chi connectivity index (χ0n) is 19.0. The number of anilines is 1. The molecule has 9 nitrogen and oxygen atoms in total. The van der Waals surface area contributed by atoms with E-state index >= 15 is 0 Å². The van der Waals surface area contributed by atoms with Gasteiger partial charge in [0, 0.05) is 36.1 Å². The summed E-state index contributed by atoms with van der Waals surface area (Å²) in [7, 11) is 0. The number of fused-ring (bicyclic) bond motifs is 1. The number of rotatable bonds is 8. The van der Waals surface area contributed by atoms with Crippen molar-refractivity contribution in [2.24, 2.45) is 0 Å². The minimum atomic E-state index is -0.165. The van der Waals surface area contributed by atoms with Gasteiger partial charge in [-0.05, 0) is 30.5 Å². The first-order valence-corrected chi connectivity index (χ1v) is 11.5. The summed E-state index contributed by atoms with van der Waals surface area (Å²) in [6.07, 6.45) is 7.96. The number of benzene rings is 1. The second-order valence-corrected chi connectivity index (χ2v) is 8.57. The third-order valence-corrected chi connectivity index (χ3v) is 6.21. The van der Waals surface area contributed by atoms with Crippen LogP contribution in [-0.4, -0.2) is 62.0 Å². The second-order valence-electron chi connectivity index (χ2n) is 8.57. The number of ketones is 2. The Kier molecular flexibility index (Phi) is 6.60. The highest BCUT2D eigenvalue weighted by molar-refractivity contribution is 6.18. The molecule has 0 spiro atoms. The highest BCUT2D eigenvalue weighted by Gasteiger charge is 2.24. The lowest BCUT2D eigenvalue weighted by atomic mass is 9.99. The Morgan fingerprint density at radius 1 is 1.06 bits per heavy atom. The summed E-state index contributed by atoms with van der Waals surface area (Å²) in [6, 6.07) is 10.5. The van der Waals surface area contributed by atoms with Gasteiger partial charge in [0.1, 0.15) is 17.8 Å². The summed E-state index contributed by atoms with van der Waals surface area (Å²) in [5.74, 6) is 0.393. The Morgan fingerprint density at radius 3 is 2.57 bits per heavy atom. The molecule has 0 amide bonds. The van der Waals surface area contributed by atoms with E-state index in [1.54, 1.807) is 55.0 Å². The van der Waals surface area contributed by atoms with Gasteiger partial charge < -0.3 is 20.1 Å². The molecule has 5 rings (SSSR count). The minimum absolute atomic E-state index is 0.00651.